The first-order valence-corrected chi connectivity index (χ1v) is 15.6. The fraction of sp³-hybridized carbons (Fsp3) is 0.759. The van der Waals surface area contributed by atoms with Crippen LogP contribution >= 0.6 is 0 Å². The average Bonchev–Trinajstić information content (AvgIpc) is 2.86. The summed E-state index contributed by atoms with van der Waals surface area (Å²) in [5, 5.41) is 3.18. The number of rotatable bonds is 11. The van der Waals surface area contributed by atoms with Crippen molar-refractivity contribution in [2.45, 2.75) is 70.2 Å². The number of carbonyl (C=O) groups excluding carboxylic acids is 1. The highest BCUT2D eigenvalue weighted by molar-refractivity contribution is 7.89. The lowest BCUT2D eigenvalue weighted by Gasteiger charge is -2.43. The van der Waals surface area contributed by atoms with Gasteiger partial charge in [0.1, 0.15) is 5.75 Å². The zero-order valence-electron chi connectivity index (χ0n) is 24.6. The van der Waals surface area contributed by atoms with Crippen LogP contribution in [-0.4, -0.2) is 95.4 Å². The Morgan fingerprint density at radius 2 is 1.68 bits per heavy atom. The monoisotopic (exact) mass is 550 g/mol. The van der Waals surface area contributed by atoms with E-state index in [4.69, 9.17) is 4.74 Å². The molecule has 8 nitrogen and oxygen atoms in total. The van der Waals surface area contributed by atoms with E-state index in [-0.39, 0.29) is 29.8 Å². The van der Waals surface area contributed by atoms with E-state index < -0.39 is 10.0 Å². The third-order valence-electron chi connectivity index (χ3n) is 8.65. The van der Waals surface area contributed by atoms with Crippen LogP contribution in [0.5, 0.6) is 5.75 Å². The number of likely N-dealkylation sites (N-methyl/N-ethyl adjacent to an activating group) is 1. The molecule has 1 aromatic carbocycles. The van der Waals surface area contributed by atoms with Gasteiger partial charge in [-0.25, -0.2) is 12.7 Å². The predicted octanol–water partition coefficient (Wildman–Crippen LogP) is 3.52. The van der Waals surface area contributed by atoms with Crippen LogP contribution in [0.15, 0.2) is 17.0 Å². The minimum absolute atomic E-state index is 0.0683. The second-order valence-electron chi connectivity index (χ2n) is 11.9. The van der Waals surface area contributed by atoms with Gasteiger partial charge in [0.05, 0.1) is 12.0 Å². The van der Waals surface area contributed by atoms with Crippen molar-refractivity contribution in [1.82, 2.24) is 19.4 Å². The molecule has 0 bridgehead atoms. The Balaban J connectivity index is 1.43. The summed E-state index contributed by atoms with van der Waals surface area (Å²) in [5.74, 6) is 2.82. The van der Waals surface area contributed by atoms with Gasteiger partial charge in [-0.3, -0.25) is 4.79 Å². The zero-order valence-corrected chi connectivity index (χ0v) is 25.4. The Morgan fingerprint density at radius 1 is 1.05 bits per heavy atom. The number of nitrogens with one attached hydrogen (secondary N) is 1. The average molecular weight is 551 g/mol. The van der Waals surface area contributed by atoms with Crippen LogP contribution in [0.3, 0.4) is 0 Å². The molecule has 1 saturated heterocycles. The first-order valence-electron chi connectivity index (χ1n) is 14.2. The Bertz CT molecular complexity index is 1010. The standard InChI is InChI=1S/C29H50N4O4S/c1-21-18-26(37-7)19-22(2)29(21)38(35,36)32(6)14-13-28(34)30-25-10-8-24(9-11-25)27-12-15-33(20-23(27)3)17-16-31(4)5/h18-19,23-25,27H,8-17,20H2,1-7H3,(H,30,34)/t23-,24?,25?,27?/m1/s1. The molecule has 9 heteroatoms. The van der Waals surface area contributed by atoms with Crippen molar-refractivity contribution in [3.63, 3.8) is 0 Å². The molecule has 1 N–H and O–H groups in total. The van der Waals surface area contributed by atoms with Crippen LogP contribution < -0.4 is 10.1 Å². The summed E-state index contributed by atoms with van der Waals surface area (Å²) in [6.45, 7) is 10.8. The zero-order chi connectivity index (χ0) is 28.0. The molecule has 0 radical (unpaired) electrons. The number of benzene rings is 1. The molecule has 1 aromatic rings. The van der Waals surface area contributed by atoms with Crippen molar-refractivity contribution < 1.29 is 17.9 Å². The lowest BCUT2D eigenvalue weighted by molar-refractivity contribution is -0.122. The van der Waals surface area contributed by atoms with Gasteiger partial charge in [0.25, 0.3) is 0 Å². The molecule has 0 spiro atoms. The third-order valence-corrected chi connectivity index (χ3v) is 10.8. The van der Waals surface area contributed by atoms with Crippen LogP contribution in [0, 0.1) is 31.6 Å². The number of hydrogen-bond donors (Lipinski definition) is 1. The number of aryl methyl sites for hydroxylation is 2. The van der Waals surface area contributed by atoms with E-state index in [0.717, 1.165) is 43.7 Å². The number of nitrogens with zero attached hydrogens (tertiary/aromatic N) is 3. The summed E-state index contributed by atoms with van der Waals surface area (Å²) < 4.78 is 33.0. The molecule has 1 heterocycles. The third kappa shape index (κ3) is 7.93. The maximum absolute atomic E-state index is 13.2. The molecule has 1 aliphatic heterocycles. The van der Waals surface area contributed by atoms with Gasteiger partial charge in [-0.05, 0) is 108 Å². The van der Waals surface area contributed by atoms with Gasteiger partial charge in [-0.15, -0.1) is 0 Å². The molecule has 1 saturated carbocycles. The van der Waals surface area contributed by atoms with Gasteiger partial charge >= 0.3 is 0 Å². The molecule has 0 aromatic heterocycles. The van der Waals surface area contributed by atoms with Crippen molar-refractivity contribution in [2.24, 2.45) is 17.8 Å². The molecule has 3 rings (SSSR count). The fourth-order valence-electron chi connectivity index (χ4n) is 6.46. The van der Waals surface area contributed by atoms with Crippen LogP contribution in [0.1, 0.15) is 56.6 Å². The molecule has 216 valence electrons. The van der Waals surface area contributed by atoms with E-state index in [1.807, 2.05) is 0 Å². The van der Waals surface area contributed by atoms with E-state index in [1.54, 1.807) is 40.1 Å². The van der Waals surface area contributed by atoms with Gasteiger partial charge in [-0.2, -0.15) is 0 Å². The summed E-state index contributed by atoms with van der Waals surface area (Å²) in [4.78, 5) is 17.9. The summed E-state index contributed by atoms with van der Waals surface area (Å²) >= 11 is 0. The van der Waals surface area contributed by atoms with Crippen LogP contribution in [0.2, 0.25) is 0 Å². The predicted molar refractivity (Wildman–Crippen MR) is 153 cm³/mol. The van der Waals surface area contributed by atoms with Gasteiger partial charge in [-0.1, -0.05) is 6.92 Å². The number of hydrogen-bond acceptors (Lipinski definition) is 6. The Kier molecular flexibility index (Phi) is 11.0. The Hall–Kier alpha value is -1.68. The smallest absolute Gasteiger partial charge is 0.243 e. The molecular formula is C29H50N4O4S. The number of piperidine rings is 1. The lowest BCUT2D eigenvalue weighted by Crippen LogP contribution is -2.46. The van der Waals surface area contributed by atoms with Crippen LogP contribution in [0.4, 0.5) is 0 Å². The SMILES string of the molecule is COc1cc(C)c(S(=O)(=O)N(C)CCC(=O)NC2CCC(C3CCN(CCN(C)C)C[C@H]3C)CC2)c(C)c1. The number of amides is 1. The summed E-state index contributed by atoms with van der Waals surface area (Å²) in [5.41, 5.74) is 1.28. The minimum atomic E-state index is -3.70. The molecule has 2 fully saturated rings. The Labute approximate surface area is 231 Å². The van der Waals surface area contributed by atoms with Crippen LogP contribution in [-0.2, 0) is 14.8 Å². The quantitative estimate of drug-likeness (QED) is 0.454. The maximum Gasteiger partial charge on any atom is 0.243 e. The highest BCUT2D eigenvalue weighted by Gasteiger charge is 2.34. The summed E-state index contributed by atoms with van der Waals surface area (Å²) in [7, 11) is 3.69. The molecule has 1 amide bonds. The second kappa shape index (κ2) is 13.6. The van der Waals surface area contributed by atoms with Gasteiger partial charge < -0.3 is 19.9 Å². The molecular weight excluding hydrogens is 500 g/mol. The molecule has 1 unspecified atom stereocenters. The molecule has 2 atom stereocenters. The van der Waals surface area contributed by atoms with E-state index >= 15 is 0 Å². The van der Waals surface area contributed by atoms with Crippen molar-refractivity contribution in [3.05, 3.63) is 23.3 Å². The number of sulfonamides is 1. The fourth-order valence-corrected chi connectivity index (χ4v) is 8.03. The lowest BCUT2D eigenvalue weighted by atomic mass is 9.70. The molecule has 38 heavy (non-hydrogen) atoms. The van der Waals surface area contributed by atoms with Crippen molar-refractivity contribution in [1.29, 1.82) is 0 Å². The van der Waals surface area contributed by atoms with E-state index in [2.05, 4.69) is 36.1 Å². The number of likely N-dealkylation sites (tertiary alicyclic amines) is 1. The molecule has 2 aliphatic rings. The molecule has 1 aliphatic carbocycles. The maximum atomic E-state index is 13.2. The topological polar surface area (TPSA) is 82.2 Å². The minimum Gasteiger partial charge on any atom is -0.497 e. The van der Waals surface area contributed by atoms with Crippen molar-refractivity contribution in [2.75, 3.05) is 61.0 Å². The second-order valence-corrected chi connectivity index (χ2v) is 13.9. The summed E-state index contributed by atoms with van der Waals surface area (Å²) in [6.07, 6.45) is 5.81. The van der Waals surface area contributed by atoms with Gasteiger partial charge in [0.2, 0.25) is 15.9 Å². The highest BCUT2D eigenvalue weighted by atomic mass is 32.2. The Morgan fingerprint density at radius 3 is 2.24 bits per heavy atom. The highest BCUT2D eigenvalue weighted by Crippen LogP contribution is 2.38. The van der Waals surface area contributed by atoms with Crippen molar-refractivity contribution in [3.8, 4) is 5.75 Å². The van der Waals surface area contributed by atoms with E-state index in [1.165, 1.54) is 36.7 Å². The van der Waals surface area contributed by atoms with E-state index in [0.29, 0.717) is 16.9 Å². The largest absolute Gasteiger partial charge is 0.497 e. The number of methoxy groups -OCH3 is 1. The van der Waals surface area contributed by atoms with Gasteiger partial charge in [0, 0.05) is 45.7 Å². The van der Waals surface area contributed by atoms with Crippen LogP contribution in [0.25, 0.3) is 0 Å². The normalized spacial score (nSPS) is 25.1. The van der Waals surface area contributed by atoms with E-state index in [9.17, 15) is 13.2 Å². The first kappa shape index (κ1) is 30.9. The first-order chi connectivity index (χ1) is 17.9. The number of carbonyl (C=O) groups is 1. The van der Waals surface area contributed by atoms with Gasteiger partial charge in [0.15, 0.2) is 0 Å². The summed E-state index contributed by atoms with van der Waals surface area (Å²) in [6, 6.07) is 3.65. The van der Waals surface area contributed by atoms with Crippen molar-refractivity contribution >= 4 is 15.9 Å². The number of ether oxygens (including phenoxy) is 1.